The first-order valence-corrected chi connectivity index (χ1v) is 7.94. The molecule has 5 heteroatoms. The van der Waals surface area contributed by atoms with Gasteiger partial charge in [-0.15, -0.1) is 0 Å². The molecule has 2 aromatic carbocycles. The fourth-order valence-electron chi connectivity index (χ4n) is 3.00. The summed E-state index contributed by atoms with van der Waals surface area (Å²) in [6, 6.07) is 13.7. The Kier molecular flexibility index (Phi) is 4.89. The molecule has 0 saturated carbocycles. The molecule has 5 nitrogen and oxygen atoms in total. The maximum Gasteiger partial charge on any atom is 0.255 e. The largest absolute Gasteiger partial charge is 0.493 e. The predicted octanol–water partition coefficient (Wildman–Crippen LogP) is 2.35. The second-order valence-electron chi connectivity index (χ2n) is 5.94. The van der Waals surface area contributed by atoms with Gasteiger partial charge in [-0.25, -0.2) is 0 Å². The van der Waals surface area contributed by atoms with Crippen LogP contribution in [0.1, 0.15) is 11.1 Å². The summed E-state index contributed by atoms with van der Waals surface area (Å²) in [5, 5.41) is 0. The molecule has 24 heavy (non-hydrogen) atoms. The number of carbonyl (C=O) groups excluding carboxylic acids is 1. The van der Waals surface area contributed by atoms with Gasteiger partial charge in [0.1, 0.15) is 5.75 Å². The molecule has 0 bridgehead atoms. The van der Waals surface area contributed by atoms with Crippen LogP contribution in [0.3, 0.4) is 0 Å². The first-order valence-electron chi connectivity index (χ1n) is 7.94. The normalized spacial score (nSPS) is 16.0. The molecule has 1 aliphatic rings. The number of methoxy groups -OCH3 is 1. The molecule has 2 aromatic rings. The molecule has 3 rings (SSSR count). The highest BCUT2D eigenvalue weighted by atomic mass is 16.5. The summed E-state index contributed by atoms with van der Waals surface area (Å²) in [7, 11) is 1.66. The standard InChI is InChI=1S/C19H21NO4/c1-22-17-7-3-5-15-9-14(11-24-19(15)17)8-13-4-2-6-16(10-13)23-12-18(20)21/h2-7,10,14H,8-9,11-12H2,1H3,(H2,20,21). The highest BCUT2D eigenvalue weighted by molar-refractivity contribution is 5.75. The number of hydrogen-bond acceptors (Lipinski definition) is 4. The number of amides is 1. The van der Waals surface area contributed by atoms with Gasteiger partial charge in [0.15, 0.2) is 18.1 Å². The van der Waals surface area contributed by atoms with Crippen molar-refractivity contribution >= 4 is 5.91 Å². The van der Waals surface area contributed by atoms with Gasteiger partial charge < -0.3 is 19.9 Å². The molecule has 0 radical (unpaired) electrons. The van der Waals surface area contributed by atoms with Gasteiger partial charge in [-0.05, 0) is 42.2 Å². The summed E-state index contributed by atoms with van der Waals surface area (Å²) in [4.78, 5) is 10.8. The number of carbonyl (C=O) groups is 1. The summed E-state index contributed by atoms with van der Waals surface area (Å²) >= 11 is 0. The Morgan fingerprint density at radius 2 is 2.12 bits per heavy atom. The van der Waals surface area contributed by atoms with E-state index in [9.17, 15) is 4.79 Å². The van der Waals surface area contributed by atoms with Crippen LogP contribution >= 0.6 is 0 Å². The zero-order valence-electron chi connectivity index (χ0n) is 13.7. The molecule has 1 aliphatic heterocycles. The summed E-state index contributed by atoms with van der Waals surface area (Å²) in [6.45, 7) is 0.545. The highest BCUT2D eigenvalue weighted by Gasteiger charge is 2.22. The van der Waals surface area contributed by atoms with Crippen molar-refractivity contribution in [2.45, 2.75) is 12.8 Å². The van der Waals surface area contributed by atoms with Gasteiger partial charge in [0.25, 0.3) is 5.91 Å². The zero-order chi connectivity index (χ0) is 16.9. The molecule has 0 aromatic heterocycles. The molecule has 0 aliphatic carbocycles. The molecule has 126 valence electrons. The Hall–Kier alpha value is -2.69. The molecule has 0 spiro atoms. The van der Waals surface area contributed by atoms with E-state index in [0.717, 1.165) is 29.9 Å². The topological polar surface area (TPSA) is 70.8 Å². The number of fused-ring (bicyclic) bond motifs is 1. The summed E-state index contributed by atoms with van der Waals surface area (Å²) in [5.74, 6) is 2.20. The SMILES string of the molecule is COc1cccc2c1OCC(Cc1cccc(OCC(N)=O)c1)C2. The Bertz CT molecular complexity index is 729. The van der Waals surface area contributed by atoms with Gasteiger partial charge in [-0.1, -0.05) is 24.3 Å². The van der Waals surface area contributed by atoms with Crippen molar-refractivity contribution in [3.63, 3.8) is 0 Å². The number of primary amides is 1. The van der Waals surface area contributed by atoms with Crippen LogP contribution in [0.15, 0.2) is 42.5 Å². The van der Waals surface area contributed by atoms with Crippen LogP contribution < -0.4 is 19.9 Å². The molecule has 1 atom stereocenters. The second kappa shape index (κ2) is 7.25. The van der Waals surface area contributed by atoms with Crippen LogP contribution in [0, 0.1) is 5.92 Å². The van der Waals surface area contributed by atoms with Crippen molar-refractivity contribution in [3.8, 4) is 17.2 Å². The van der Waals surface area contributed by atoms with Crippen LogP contribution in [-0.2, 0) is 17.6 Å². The van der Waals surface area contributed by atoms with E-state index in [-0.39, 0.29) is 6.61 Å². The number of benzene rings is 2. The Balaban J connectivity index is 1.67. The number of ether oxygens (including phenoxy) is 3. The Morgan fingerprint density at radius 1 is 1.29 bits per heavy atom. The molecular formula is C19H21NO4. The van der Waals surface area contributed by atoms with Crippen molar-refractivity contribution in [2.75, 3.05) is 20.3 Å². The van der Waals surface area contributed by atoms with Gasteiger partial charge in [0.05, 0.1) is 13.7 Å². The average molecular weight is 327 g/mol. The number of rotatable bonds is 6. The third-order valence-corrected chi connectivity index (χ3v) is 4.06. The van der Waals surface area contributed by atoms with Crippen LogP contribution in [-0.4, -0.2) is 26.2 Å². The van der Waals surface area contributed by atoms with Crippen molar-refractivity contribution in [1.29, 1.82) is 0 Å². The maximum absolute atomic E-state index is 10.8. The monoisotopic (exact) mass is 327 g/mol. The van der Waals surface area contributed by atoms with Crippen molar-refractivity contribution < 1.29 is 19.0 Å². The molecule has 1 amide bonds. The molecule has 0 fully saturated rings. The van der Waals surface area contributed by atoms with Crippen LogP contribution in [0.25, 0.3) is 0 Å². The van der Waals surface area contributed by atoms with E-state index in [2.05, 4.69) is 12.1 Å². The lowest BCUT2D eigenvalue weighted by Gasteiger charge is -2.26. The van der Waals surface area contributed by atoms with E-state index >= 15 is 0 Å². The second-order valence-corrected chi connectivity index (χ2v) is 5.94. The van der Waals surface area contributed by atoms with Crippen molar-refractivity contribution in [2.24, 2.45) is 11.7 Å². The molecule has 2 N–H and O–H groups in total. The number of hydrogen-bond donors (Lipinski definition) is 1. The van der Waals surface area contributed by atoms with Crippen molar-refractivity contribution in [3.05, 3.63) is 53.6 Å². The summed E-state index contributed by atoms with van der Waals surface area (Å²) < 4.78 is 16.6. The fraction of sp³-hybridized carbons (Fsp3) is 0.316. The lowest BCUT2D eigenvalue weighted by atomic mass is 9.91. The third kappa shape index (κ3) is 3.79. The minimum atomic E-state index is -0.480. The lowest BCUT2D eigenvalue weighted by Crippen LogP contribution is -2.23. The van der Waals surface area contributed by atoms with Crippen LogP contribution in [0.4, 0.5) is 0 Å². The lowest BCUT2D eigenvalue weighted by molar-refractivity contribution is -0.119. The van der Waals surface area contributed by atoms with E-state index in [0.29, 0.717) is 18.3 Å². The summed E-state index contributed by atoms with van der Waals surface area (Å²) in [6.07, 6.45) is 1.82. The van der Waals surface area contributed by atoms with E-state index < -0.39 is 5.91 Å². The van der Waals surface area contributed by atoms with Gasteiger partial charge in [-0.2, -0.15) is 0 Å². The zero-order valence-corrected chi connectivity index (χ0v) is 13.7. The van der Waals surface area contributed by atoms with Crippen LogP contribution in [0.2, 0.25) is 0 Å². The minimum Gasteiger partial charge on any atom is -0.493 e. The van der Waals surface area contributed by atoms with Gasteiger partial charge in [0, 0.05) is 5.92 Å². The third-order valence-electron chi connectivity index (χ3n) is 4.06. The predicted molar refractivity (Wildman–Crippen MR) is 90.5 cm³/mol. The van der Waals surface area contributed by atoms with Gasteiger partial charge in [0.2, 0.25) is 0 Å². The first kappa shape index (κ1) is 16.2. The van der Waals surface area contributed by atoms with E-state index in [1.54, 1.807) is 7.11 Å². The minimum absolute atomic E-state index is 0.108. The van der Waals surface area contributed by atoms with Crippen molar-refractivity contribution in [1.82, 2.24) is 0 Å². The highest BCUT2D eigenvalue weighted by Crippen LogP contribution is 2.36. The van der Waals surface area contributed by atoms with Gasteiger partial charge in [-0.3, -0.25) is 4.79 Å². The average Bonchev–Trinajstić information content (AvgIpc) is 2.59. The van der Waals surface area contributed by atoms with Crippen LogP contribution in [0.5, 0.6) is 17.2 Å². The van der Waals surface area contributed by atoms with E-state index in [4.69, 9.17) is 19.9 Å². The fourth-order valence-corrected chi connectivity index (χ4v) is 3.00. The number of nitrogens with two attached hydrogens (primary N) is 1. The van der Waals surface area contributed by atoms with E-state index in [1.807, 2.05) is 30.3 Å². The Labute approximate surface area is 141 Å². The molecular weight excluding hydrogens is 306 g/mol. The first-order chi connectivity index (χ1) is 11.7. The smallest absolute Gasteiger partial charge is 0.255 e. The summed E-state index contributed by atoms with van der Waals surface area (Å²) in [5.41, 5.74) is 7.43. The number of para-hydroxylation sites is 1. The molecule has 1 heterocycles. The van der Waals surface area contributed by atoms with E-state index in [1.165, 1.54) is 5.56 Å². The maximum atomic E-state index is 10.8. The Morgan fingerprint density at radius 3 is 2.92 bits per heavy atom. The van der Waals surface area contributed by atoms with Gasteiger partial charge >= 0.3 is 0 Å². The molecule has 0 saturated heterocycles. The quantitative estimate of drug-likeness (QED) is 0.884. The molecule has 1 unspecified atom stereocenters.